The molecule has 20 heavy (non-hydrogen) atoms. The lowest BCUT2D eigenvalue weighted by atomic mass is 9.80. The molecule has 0 atom stereocenters. The van der Waals surface area contributed by atoms with Gasteiger partial charge in [0.25, 0.3) is 0 Å². The highest BCUT2D eigenvalue weighted by Crippen LogP contribution is 2.36. The van der Waals surface area contributed by atoms with Crippen LogP contribution in [0.4, 0.5) is 0 Å². The predicted octanol–water partition coefficient (Wildman–Crippen LogP) is 2.40. The number of hydrogen-bond donors (Lipinski definition) is 0. The molecule has 0 unspecified atom stereocenters. The summed E-state index contributed by atoms with van der Waals surface area (Å²) >= 11 is 0. The van der Waals surface area contributed by atoms with Crippen LogP contribution in [0.1, 0.15) is 54.0 Å². The normalized spacial score (nSPS) is 20.9. The summed E-state index contributed by atoms with van der Waals surface area (Å²) in [5, 5.41) is 4.48. The molecular formula is C15H27BN2O2. The fourth-order valence-corrected chi connectivity index (χ4v) is 2.51. The maximum absolute atomic E-state index is 6.19. The first-order valence-electron chi connectivity index (χ1n) is 7.58. The first kappa shape index (κ1) is 15.6. The van der Waals surface area contributed by atoms with Crippen LogP contribution in [0.3, 0.4) is 0 Å². The summed E-state index contributed by atoms with van der Waals surface area (Å²) in [7, 11) is -0.323. The highest BCUT2D eigenvalue weighted by atomic mass is 16.7. The van der Waals surface area contributed by atoms with Crippen molar-refractivity contribution in [2.45, 2.75) is 72.6 Å². The minimum atomic E-state index is -0.323. The summed E-state index contributed by atoms with van der Waals surface area (Å²) in [4.78, 5) is 0. The van der Waals surface area contributed by atoms with Crippen LogP contribution in [0.5, 0.6) is 0 Å². The Morgan fingerprint density at radius 1 is 1.20 bits per heavy atom. The van der Waals surface area contributed by atoms with Crippen LogP contribution in [0, 0.1) is 5.92 Å². The second kappa shape index (κ2) is 5.19. The zero-order valence-corrected chi connectivity index (χ0v) is 13.9. The standard InChI is InChI=1S/C15H27BN2O2/c1-8-18-13(12(10-17-18)9-11(2)3)16-19-14(4,5)15(6,7)20-16/h10-11H,8-9H2,1-7H3. The highest BCUT2D eigenvalue weighted by Gasteiger charge is 2.53. The fraction of sp³-hybridized carbons (Fsp3) is 0.800. The van der Waals surface area contributed by atoms with Crippen molar-refractivity contribution in [1.82, 2.24) is 9.78 Å². The van der Waals surface area contributed by atoms with Crippen LogP contribution >= 0.6 is 0 Å². The van der Waals surface area contributed by atoms with Gasteiger partial charge in [-0.3, -0.25) is 4.68 Å². The van der Waals surface area contributed by atoms with Crippen LogP contribution in [0.25, 0.3) is 0 Å². The van der Waals surface area contributed by atoms with Crippen molar-refractivity contribution in [2.75, 3.05) is 0 Å². The van der Waals surface area contributed by atoms with Crippen molar-refractivity contribution in [3.63, 3.8) is 0 Å². The lowest BCUT2D eigenvalue weighted by Gasteiger charge is -2.32. The Labute approximate surface area is 123 Å². The van der Waals surface area contributed by atoms with Crippen molar-refractivity contribution in [2.24, 2.45) is 5.92 Å². The van der Waals surface area contributed by atoms with Gasteiger partial charge in [-0.1, -0.05) is 13.8 Å². The molecule has 0 N–H and O–H groups in total. The molecule has 1 aromatic rings. The second-order valence-electron chi connectivity index (χ2n) is 7.06. The van der Waals surface area contributed by atoms with Crippen LogP contribution in [-0.2, 0) is 22.3 Å². The molecule has 1 aliphatic rings. The van der Waals surface area contributed by atoms with Gasteiger partial charge < -0.3 is 9.31 Å². The topological polar surface area (TPSA) is 36.3 Å². The third kappa shape index (κ3) is 2.66. The van der Waals surface area contributed by atoms with Gasteiger partial charge in [-0.05, 0) is 52.5 Å². The van der Waals surface area contributed by atoms with Gasteiger partial charge in [0, 0.05) is 6.54 Å². The molecule has 4 nitrogen and oxygen atoms in total. The van der Waals surface area contributed by atoms with Gasteiger partial charge in [0.15, 0.2) is 0 Å². The lowest BCUT2D eigenvalue weighted by Crippen LogP contribution is -2.41. The van der Waals surface area contributed by atoms with Gasteiger partial charge in [0.05, 0.1) is 23.0 Å². The molecular weight excluding hydrogens is 251 g/mol. The molecule has 1 fully saturated rings. The monoisotopic (exact) mass is 278 g/mol. The molecule has 0 aromatic carbocycles. The summed E-state index contributed by atoms with van der Waals surface area (Å²) in [5.41, 5.74) is 1.70. The van der Waals surface area contributed by atoms with Gasteiger partial charge in [0.1, 0.15) is 0 Å². The molecule has 1 aliphatic heterocycles. The maximum Gasteiger partial charge on any atom is 0.514 e. The highest BCUT2D eigenvalue weighted by molar-refractivity contribution is 6.61. The average Bonchev–Trinajstić information content (AvgIpc) is 2.77. The van der Waals surface area contributed by atoms with E-state index in [-0.39, 0.29) is 18.3 Å². The summed E-state index contributed by atoms with van der Waals surface area (Å²) in [5.74, 6) is 0.589. The fourth-order valence-electron chi connectivity index (χ4n) is 2.51. The van der Waals surface area contributed by atoms with Gasteiger partial charge in [0.2, 0.25) is 0 Å². The van der Waals surface area contributed by atoms with Crippen LogP contribution in [0.15, 0.2) is 6.20 Å². The summed E-state index contributed by atoms with van der Waals surface area (Å²) in [6.07, 6.45) is 2.96. The number of aryl methyl sites for hydroxylation is 1. The Morgan fingerprint density at radius 3 is 2.20 bits per heavy atom. The van der Waals surface area contributed by atoms with Gasteiger partial charge in [-0.2, -0.15) is 5.10 Å². The van der Waals surface area contributed by atoms with Gasteiger partial charge in [-0.25, -0.2) is 0 Å². The minimum absolute atomic E-state index is 0.310. The first-order valence-corrected chi connectivity index (χ1v) is 7.58. The number of aromatic nitrogens is 2. The zero-order chi connectivity index (χ0) is 15.1. The number of nitrogens with zero attached hydrogens (tertiary/aromatic N) is 2. The largest absolute Gasteiger partial charge is 0.514 e. The number of rotatable bonds is 4. The summed E-state index contributed by atoms with van der Waals surface area (Å²) < 4.78 is 14.4. The van der Waals surface area contributed by atoms with E-state index < -0.39 is 0 Å². The van der Waals surface area contributed by atoms with Gasteiger partial charge >= 0.3 is 7.12 Å². The van der Waals surface area contributed by atoms with Crippen molar-refractivity contribution in [3.05, 3.63) is 11.8 Å². The van der Waals surface area contributed by atoms with E-state index in [0.29, 0.717) is 5.92 Å². The lowest BCUT2D eigenvalue weighted by molar-refractivity contribution is 0.00578. The smallest absolute Gasteiger partial charge is 0.398 e. The van der Waals surface area contributed by atoms with E-state index in [1.807, 2.05) is 10.9 Å². The number of hydrogen-bond acceptors (Lipinski definition) is 3. The molecule has 2 rings (SSSR count). The first-order chi connectivity index (χ1) is 9.18. The minimum Gasteiger partial charge on any atom is -0.398 e. The third-order valence-electron chi connectivity index (χ3n) is 4.36. The quantitative estimate of drug-likeness (QED) is 0.793. The van der Waals surface area contributed by atoms with E-state index in [0.717, 1.165) is 18.6 Å². The van der Waals surface area contributed by atoms with E-state index >= 15 is 0 Å². The van der Waals surface area contributed by atoms with Crippen molar-refractivity contribution in [1.29, 1.82) is 0 Å². The Balaban J connectivity index is 2.35. The van der Waals surface area contributed by atoms with Crippen molar-refractivity contribution >= 4 is 12.7 Å². The van der Waals surface area contributed by atoms with Crippen LogP contribution < -0.4 is 5.59 Å². The van der Waals surface area contributed by atoms with E-state index in [9.17, 15) is 0 Å². The van der Waals surface area contributed by atoms with E-state index in [1.54, 1.807) is 0 Å². The summed E-state index contributed by atoms with van der Waals surface area (Å²) in [6.45, 7) is 15.7. The molecule has 0 spiro atoms. The maximum atomic E-state index is 6.19. The molecule has 2 heterocycles. The SMILES string of the molecule is CCn1ncc(CC(C)C)c1B1OC(C)(C)C(C)(C)O1. The molecule has 5 heteroatoms. The molecule has 1 saturated heterocycles. The van der Waals surface area contributed by atoms with E-state index in [1.165, 1.54) is 5.56 Å². The van der Waals surface area contributed by atoms with Crippen molar-refractivity contribution in [3.8, 4) is 0 Å². The second-order valence-corrected chi connectivity index (χ2v) is 7.06. The molecule has 0 radical (unpaired) electrons. The van der Waals surface area contributed by atoms with Gasteiger partial charge in [-0.15, -0.1) is 0 Å². The molecule has 0 bridgehead atoms. The Kier molecular flexibility index (Phi) is 4.04. The predicted molar refractivity (Wildman–Crippen MR) is 82.2 cm³/mol. The van der Waals surface area contributed by atoms with Crippen LogP contribution in [-0.4, -0.2) is 28.1 Å². The Morgan fingerprint density at radius 2 is 1.75 bits per heavy atom. The van der Waals surface area contributed by atoms with E-state index in [2.05, 4.69) is 53.6 Å². The molecule has 0 saturated carbocycles. The molecule has 0 aliphatic carbocycles. The molecule has 1 aromatic heterocycles. The molecule has 0 amide bonds. The zero-order valence-electron chi connectivity index (χ0n) is 13.9. The van der Waals surface area contributed by atoms with Crippen molar-refractivity contribution < 1.29 is 9.31 Å². The Bertz CT molecular complexity index is 464. The Hall–Kier alpha value is -0.805. The van der Waals surface area contributed by atoms with Crippen LogP contribution in [0.2, 0.25) is 0 Å². The molecule has 112 valence electrons. The average molecular weight is 278 g/mol. The summed E-state index contributed by atoms with van der Waals surface area (Å²) in [6, 6.07) is 0. The van der Waals surface area contributed by atoms with E-state index in [4.69, 9.17) is 9.31 Å². The third-order valence-corrected chi connectivity index (χ3v) is 4.36.